The van der Waals surface area contributed by atoms with Crippen LogP contribution in [-0.4, -0.2) is 15.2 Å². The molecule has 0 bridgehead atoms. The fourth-order valence-corrected chi connectivity index (χ4v) is 2.45. The number of nitrogens with zero attached hydrogens (tertiary/aromatic N) is 2. The first kappa shape index (κ1) is 13.4. The van der Waals surface area contributed by atoms with E-state index in [9.17, 15) is 0 Å². The van der Waals surface area contributed by atoms with Gasteiger partial charge in [-0.1, -0.05) is 25.5 Å². The van der Waals surface area contributed by atoms with Gasteiger partial charge in [-0.15, -0.1) is 0 Å². The molecule has 3 rings (SSSR count). The molecule has 4 heteroatoms. The third kappa shape index (κ3) is 2.79. The SMILES string of the molecule is CCCc1cc(/C=C/c2ccncc2)c2[nH]nc(N)c2c1. The number of nitrogens with two attached hydrogens (primary N) is 1. The largest absolute Gasteiger partial charge is 0.382 e. The summed E-state index contributed by atoms with van der Waals surface area (Å²) < 4.78 is 0. The summed E-state index contributed by atoms with van der Waals surface area (Å²) >= 11 is 0. The van der Waals surface area contributed by atoms with E-state index in [0.29, 0.717) is 5.82 Å². The molecule has 21 heavy (non-hydrogen) atoms. The molecule has 0 amide bonds. The van der Waals surface area contributed by atoms with Crippen LogP contribution < -0.4 is 5.73 Å². The van der Waals surface area contributed by atoms with Crippen LogP contribution in [0.4, 0.5) is 5.82 Å². The van der Waals surface area contributed by atoms with Crippen molar-refractivity contribution in [1.82, 2.24) is 15.2 Å². The molecule has 0 saturated carbocycles. The molecule has 3 aromatic rings. The van der Waals surface area contributed by atoms with E-state index in [1.165, 1.54) is 5.56 Å². The highest BCUT2D eigenvalue weighted by molar-refractivity contribution is 5.96. The lowest BCUT2D eigenvalue weighted by atomic mass is 10.0. The number of hydrogen-bond acceptors (Lipinski definition) is 3. The van der Waals surface area contributed by atoms with Crippen molar-refractivity contribution in [2.45, 2.75) is 19.8 Å². The lowest BCUT2D eigenvalue weighted by Crippen LogP contribution is -1.88. The molecule has 0 aliphatic carbocycles. The Bertz CT molecular complexity index is 772. The predicted molar refractivity (Wildman–Crippen MR) is 87.7 cm³/mol. The van der Waals surface area contributed by atoms with Crippen LogP contribution in [0.2, 0.25) is 0 Å². The molecule has 0 radical (unpaired) electrons. The number of aromatic amines is 1. The minimum absolute atomic E-state index is 0.557. The lowest BCUT2D eigenvalue weighted by Gasteiger charge is -2.03. The van der Waals surface area contributed by atoms with Gasteiger partial charge in [0.1, 0.15) is 0 Å². The number of fused-ring (bicyclic) bond motifs is 1. The Kier molecular flexibility index (Phi) is 3.69. The second-order valence-electron chi connectivity index (χ2n) is 5.08. The van der Waals surface area contributed by atoms with Gasteiger partial charge in [0.05, 0.1) is 5.52 Å². The zero-order valence-electron chi connectivity index (χ0n) is 12.0. The van der Waals surface area contributed by atoms with Crippen LogP contribution in [0.25, 0.3) is 23.1 Å². The van der Waals surface area contributed by atoms with E-state index in [1.807, 2.05) is 12.1 Å². The van der Waals surface area contributed by atoms with Gasteiger partial charge in [0, 0.05) is 23.3 Å². The molecule has 2 heterocycles. The van der Waals surface area contributed by atoms with E-state index in [1.54, 1.807) is 12.4 Å². The van der Waals surface area contributed by atoms with Crippen molar-refractivity contribution in [3.8, 4) is 0 Å². The molecule has 0 spiro atoms. The minimum atomic E-state index is 0.557. The van der Waals surface area contributed by atoms with E-state index >= 15 is 0 Å². The van der Waals surface area contributed by atoms with Crippen molar-refractivity contribution in [3.63, 3.8) is 0 Å². The third-order valence-corrected chi connectivity index (χ3v) is 3.49. The van der Waals surface area contributed by atoms with Crippen LogP contribution >= 0.6 is 0 Å². The first-order chi connectivity index (χ1) is 10.3. The van der Waals surface area contributed by atoms with Gasteiger partial charge in [0.15, 0.2) is 5.82 Å². The molecule has 0 atom stereocenters. The highest BCUT2D eigenvalue weighted by Gasteiger charge is 2.07. The van der Waals surface area contributed by atoms with Gasteiger partial charge in [0.2, 0.25) is 0 Å². The zero-order chi connectivity index (χ0) is 14.7. The number of pyridine rings is 1. The maximum Gasteiger partial charge on any atom is 0.153 e. The number of rotatable bonds is 4. The van der Waals surface area contributed by atoms with E-state index in [4.69, 9.17) is 5.73 Å². The number of aryl methyl sites for hydroxylation is 1. The molecule has 4 nitrogen and oxygen atoms in total. The van der Waals surface area contributed by atoms with Gasteiger partial charge >= 0.3 is 0 Å². The number of benzene rings is 1. The monoisotopic (exact) mass is 278 g/mol. The second-order valence-corrected chi connectivity index (χ2v) is 5.08. The number of hydrogen-bond donors (Lipinski definition) is 2. The van der Waals surface area contributed by atoms with E-state index < -0.39 is 0 Å². The first-order valence-electron chi connectivity index (χ1n) is 7.12. The number of H-pyrrole nitrogens is 1. The highest BCUT2D eigenvalue weighted by atomic mass is 15.1. The summed E-state index contributed by atoms with van der Waals surface area (Å²) in [6, 6.07) is 8.28. The van der Waals surface area contributed by atoms with Gasteiger partial charge in [-0.25, -0.2) is 0 Å². The fourth-order valence-electron chi connectivity index (χ4n) is 2.45. The summed E-state index contributed by atoms with van der Waals surface area (Å²) in [7, 11) is 0. The molecule has 0 fully saturated rings. The van der Waals surface area contributed by atoms with E-state index in [-0.39, 0.29) is 0 Å². The summed E-state index contributed by atoms with van der Waals surface area (Å²) in [5.41, 5.74) is 10.4. The first-order valence-corrected chi connectivity index (χ1v) is 7.12. The maximum atomic E-state index is 5.94. The van der Waals surface area contributed by atoms with E-state index in [2.05, 4.69) is 46.4 Å². The molecule has 1 aromatic carbocycles. The van der Waals surface area contributed by atoms with E-state index in [0.717, 1.165) is 34.9 Å². The molecular formula is C17H18N4. The number of nitrogens with one attached hydrogen (secondary N) is 1. The summed E-state index contributed by atoms with van der Waals surface area (Å²) in [6.45, 7) is 2.18. The molecule has 106 valence electrons. The smallest absolute Gasteiger partial charge is 0.153 e. The summed E-state index contributed by atoms with van der Waals surface area (Å²) in [5, 5.41) is 8.14. The van der Waals surface area contributed by atoms with Crippen molar-refractivity contribution in [1.29, 1.82) is 0 Å². The van der Waals surface area contributed by atoms with Crippen LogP contribution in [0.1, 0.15) is 30.0 Å². The average molecular weight is 278 g/mol. The fraction of sp³-hybridized carbons (Fsp3) is 0.176. The second kappa shape index (κ2) is 5.79. The molecule has 2 aromatic heterocycles. The van der Waals surface area contributed by atoms with Crippen LogP contribution in [-0.2, 0) is 6.42 Å². The summed E-state index contributed by atoms with van der Waals surface area (Å²) in [6.07, 6.45) is 9.89. The van der Waals surface area contributed by atoms with Gasteiger partial charge in [0.25, 0.3) is 0 Å². The van der Waals surface area contributed by atoms with Crippen molar-refractivity contribution < 1.29 is 0 Å². The number of aromatic nitrogens is 3. The molecule has 0 unspecified atom stereocenters. The Morgan fingerprint density at radius 3 is 2.76 bits per heavy atom. The molecule has 3 N–H and O–H groups in total. The molecule has 0 aliphatic rings. The minimum Gasteiger partial charge on any atom is -0.382 e. The Morgan fingerprint density at radius 2 is 2.00 bits per heavy atom. The van der Waals surface area contributed by atoms with Gasteiger partial charge in [-0.3, -0.25) is 10.1 Å². The Labute approximate surface area is 123 Å². The van der Waals surface area contributed by atoms with Crippen LogP contribution in [0.5, 0.6) is 0 Å². The molecular weight excluding hydrogens is 260 g/mol. The Morgan fingerprint density at radius 1 is 1.19 bits per heavy atom. The average Bonchev–Trinajstić information content (AvgIpc) is 2.88. The van der Waals surface area contributed by atoms with Gasteiger partial charge in [-0.2, -0.15) is 5.10 Å². The number of nitrogen functional groups attached to an aromatic ring is 1. The standard InChI is InChI=1S/C17H18N4/c1-2-3-13-10-14(5-4-12-6-8-19-9-7-12)16-15(11-13)17(18)21-20-16/h4-11H,2-3H2,1H3,(H3,18,20,21)/b5-4+. The maximum absolute atomic E-state index is 5.94. The molecule has 0 saturated heterocycles. The Balaban J connectivity index is 2.06. The zero-order valence-corrected chi connectivity index (χ0v) is 12.0. The number of anilines is 1. The van der Waals surface area contributed by atoms with Crippen molar-refractivity contribution >= 4 is 28.9 Å². The van der Waals surface area contributed by atoms with Crippen LogP contribution in [0.3, 0.4) is 0 Å². The quantitative estimate of drug-likeness (QED) is 0.765. The highest BCUT2D eigenvalue weighted by Crippen LogP contribution is 2.25. The van der Waals surface area contributed by atoms with Crippen LogP contribution in [0.15, 0.2) is 36.7 Å². The molecule has 0 aliphatic heterocycles. The van der Waals surface area contributed by atoms with Gasteiger partial charge < -0.3 is 5.73 Å². The van der Waals surface area contributed by atoms with Gasteiger partial charge in [-0.05, 0) is 41.8 Å². The van der Waals surface area contributed by atoms with Crippen molar-refractivity contribution in [2.24, 2.45) is 0 Å². The Hall–Kier alpha value is -2.62. The predicted octanol–water partition coefficient (Wildman–Crippen LogP) is 3.66. The van der Waals surface area contributed by atoms with Crippen molar-refractivity contribution in [3.05, 3.63) is 53.3 Å². The third-order valence-electron chi connectivity index (χ3n) is 3.49. The summed E-state index contributed by atoms with van der Waals surface area (Å²) in [5.74, 6) is 0.557. The van der Waals surface area contributed by atoms with Crippen LogP contribution in [0, 0.1) is 0 Å². The summed E-state index contributed by atoms with van der Waals surface area (Å²) in [4.78, 5) is 4.03. The topological polar surface area (TPSA) is 67.6 Å². The van der Waals surface area contributed by atoms with Crippen molar-refractivity contribution in [2.75, 3.05) is 5.73 Å². The lowest BCUT2D eigenvalue weighted by molar-refractivity contribution is 0.923. The normalized spacial score (nSPS) is 11.5.